The number of carbonyl (C=O) groups is 1. The molecule has 29 heavy (non-hydrogen) atoms. The predicted octanol–water partition coefficient (Wildman–Crippen LogP) is 3.59. The standard InChI is InChI=1S/C23H28FNO4/c1-27-22(26)17-28-16-15-25-13-11-21(12-14-25)29-23(18-5-3-2-4-6-18)19-7-9-20(24)10-8-19/h2-10,21,23H,11-17H2,1H3. The van der Waals surface area contributed by atoms with E-state index in [-0.39, 0.29) is 30.6 Å². The summed E-state index contributed by atoms with van der Waals surface area (Å²) in [5.41, 5.74) is 2.02. The molecule has 0 bridgehead atoms. The zero-order valence-electron chi connectivity index (χ0n) is 16.8. The molecule has 2 aromatic rings. The first-order valence-corrected chi connectivity index (χ1v) is 9.98. The van der Waals surface area contributed by atoms with Crippen LogP contribution in [0.5, 0.6) is 0 Å². The highest BCUT2D eigenvalue weighted by Gasteiger charge is 2.24. The molecule has 1 atom stereocenters. The summed E-state index contributed by atoms with van der Waals surface area (Å²) in [4.78, 5) is 13.4. The fourth-order valence-corrected chi connectivity index (χ4v) is 3.48. The molecule has 2 aromatic carbocycles. The molecule has 6 heteroatoms. The van der Waals surface area contributed by atoms with Gasteiger partial charge < -0.3 is 19.1 Å². The molecule has 1 unspecified atom stereocenters. The van der Waals surface area contributed by atoms with Gasteiger partial charge in [0.25, 0.3) is 0 Å². The van der Waals surface area contributed by atoms with Crippen molar-refractivity contribution in [2.24, 2.45) is 0 Å². The van der Waals surface area contributed by atoms with Crippen LogP contribution in [0.2, 0.25) is 0 Å². The number of likely N-dealkylation sites (tertiary alicyclic amines) is 1. The molecule has 0 spiro atoms. The first kappa shape index (κ1) is 21.4. The number of piperidine rings is 1. The third-order valence-corrected chi connectivity index (χ3v) is 5.14. The van der Waals surface area contributed by atoms with Crippen molar-refractivity contribution < 1.29 is 23.4 Å². The number of nitrogens with zero attached hydrogens (tertiary/aromatic N) is 1. The zero-order chi connectivity index (χ0) is 20.5. The molecular formula is C23H28FNO4. The summed E-state index contributed by atoms with van der Waals surface area (Å²) in [5.74, 6) is -0.604. The molecule has 1 saturated heterocycles. The summed E-state index contributed by atoms with van der Waals surface area (Å²) >= 11 is 0. The second-order valence-electron chi connectivity index (χ2n) is 7.15. The number of rotatable bonds is 9. The lowest BCUT2D eigenvalue weighted by Gasteiger charge is -2.34. The second kappa shape index (κ2) is 11.0. The van der Waals surface area contributed by atoms with Gasteiger partial charge in [-0.1, -0.05) is 42.5 Å². The Kier molecular flexibility index (Phi) is 8.16. The second-order valence-corrected chi connectivity index (χ2v) is 7.15. The average Bonchev–Trinajstić information content (AvgIpc) is 2.77. The molecule has 1 fully saturated rings. The Morgan fingerprint density at radius 3 is 2.38 bits per heavy atom. The lowest BCUT2D eigenvalue weighted by atomic mass is 10.00. The molecule has 1 aliphatic heterocycles. The minimum absolute atomic E-state index is 0.00744. The van der Waals surface area contributed by atoms with Crippen molar-refractivity contribution in [3.63, 3.8) is 0 Å². The summed E-state index contributed by atoms with van der Waals surface area (Å²) in [5, 5.41) is 0. The first-order valence-electron chi connectivity index (χ1n) is 9.98. The molecule has 3 rings (SSSR count). The monoisotopic (exact) mass is 401 g/mol. The highest BCUT2D eigenvalue weighted by Crippen LogP contribution is 2.30. The van der Waals surface area contributed by atoms with Gasteiger partial charge in [-0.25, -0.2) is 9.18 Å². The summed E-state index contributed by atoms with van der Waals surface area (Å²) in [6.45, 7) is 3.10. The zero-order valence-corrected chi connectivity index (χ0v) is 16.8. The molecule has 1 heterocycles. The van der Waals surface area contributed by atoms with Crippen molar-refractivity contribution >= 4 is 5.97 Å². The summed E-state index contributed by atoms with van der Waals surface area (Å²) < 4.78 is 29.7. The van der Waals surface area contributed by atoms with Crippen LogP contribution in [0.15, 0.2) is 54.6 Å². The lowest BCUT2D eigenvalue weighted by molar-refractivity contribution is -0.146. The minimum Gasteiger partial charge on any atom is -0.467 e. The smallest absolute Gasteiger partial charge is 0.331 e. The maximum atomic E-state index is 13.4. The van der Waals surface area contributed by atoms with Crippen LogP contribution in [0.3, 0.4) is 0 Å². The van der Waals surface area contributed by atoms with E-state index in [1.807, 2.05) is 30.3 Å². The number of esters is 1. The largest absolute Gasteiger partial charge is 0.467 e. The molecule has 0 N–H and O–H groups in total. The van der Waals surface area contributed by atoms with Crippen molar-refractivity contribution in [1.82, 2.24) is 4.90 Å². The number of benzene rings is 2. The number of hydrogen-bond donors (Lipinski definition) is 0. The van der Waals surface area contributed by atoms with Gasteiger partial charge in [0.05, 0.1) is 19.8 Å². The Hall–Kier alpha value is -2.28. The van der Waals surface area contributed by atoms with Crippen LogP contribution in [0.4, 0.5) is 4.39 Å². The van der Waals surface area contributed by atoms with E-state index in [2.05, 4.69) is 9.64 Å². The molecule has 1 aliphatic rings. The van der Waals surface area contributed by atoms with Gasteiger partial charge in [0, 0.05) is 19.6 Å². The SMILES string of the molecule is COC(=O)COCCN1CCC(OC(c2ccccc2)c2ccc(F)cc2)CC1. The van der Waals surface area contributed by atoms with Crippen molar-refractivity contribution in [3.8, 4) is 0 Å². The number of ether oxygens (including phenoxy) is 3. The van der Waals surface area contributed by atoms with E-state index in [4.69, 9.17) is 9.47 Å². The lowest BCUT2D eigenvalue weighted by Crippen LogP contribution is -2.39. The van der Waals surface area contributed by atoms with Gasteiger partial charge in [-0.2, -0.15) is 0 Å². The Labute approximate surface area is 171 Å². The van der Waals surface area contributed by atoms with Gasteiger partial charge in [0.2, 0.25) is 0 Å². The van der Waals surface area contributed by atoms with Crippen molar-refractivity contribution in [2.45, 2.75) is 25.0 Å². The quantitative estimate of drug-likeness (QED) is 0.475. The molecular weight excluding hydrogens is 373 g/mol. The van der Waals surface area contributed by atoms with Gasteiger partial charge in [-0.05, 0) is 36.1 Å². The Balaban J connectivity index is 1.52. The van der Waals surface area contributed by atoms with E-state index < -0.39 is 0 Å². The van der Waals surface area contributed by atoms with E-state index in [1.165, 1.54) is 19.2 Å². The van der Waals surface area contributed by atoms with E-state index >= 15 is 0 Å². The summed E-state index contributed by atoms with van der Waals surface area (Å²) in [6, 6.07) is 16.6. The number of carbonyl (C=O) groups excluding carboxylic acids is 1. The van der Waals surface area contributed by atoms with Crippen molar-refractivity contribution in [2.75, 3.05) is 40.0 Å². The van der Waals surface area contributed by atoms with Gasteiger partial charge >= 0.3 is 5.97 Å². The maximum Gasteiger partial charge on any atom is 0.331 e. The van der Waals surface area contributed by atoms with Gasteiger partial charge in [-0.3, -0.25) is 0 Å². The molecule has 0 radical (unpaired) electrons. The van der Waals surface area contributed by atoms with E-state index in [0.717, 1.165) is 43.6 Å². The number of methoxy groups -OCH3 is 1. The van der Waals surface area contributed by atoms with Crippen LogP contribution in [0.25, 0.3) is 0 Å². The third kappa shape index (κ3) is 6.63. The molecule has 156 valence electrons. The highest BCUT2D eigenvalue weighted by atomic mass is 19.1. The van der Waals surface area contributed by atoms with Crippen LogP contribution < -0.4 is 0 Å². The molecule has 0 aliphatic carbocycles. The number of halogens is 1. The fraction of sp³-hybridized carbons (Fsp3) is 0.435. The summed E-state index contributed by atoms with van der Waals surface area (Å²) in [7, 11) is 1.35. The van der Waals surface area contributed by atoms with E-state index in [9.17, 15) is 9.18 Å². The van der Waals surface area contributed by atoms with Gasteiger partial charge in [0.15, 0.2) is 0 Å². The molecule has 0 saturated carbocycles. The molecule has 0 aromatic heterocycles. The number of hydrogen-bond acceptors (Lipinski definition) is 5. The van der Waals surface area contributed by atoms with E-state index in [0.29, 0.717) is 6.61 Å². The van der Waals surface area contributed by atoms with Crippen LogP contribution in [0, 0.1) is 5.82 Å². The van der Waals surface area contributed by atoms with Crippen LogP contribution in [0.1, 0.15) is 30.1 Å². The average molecular weight is 401 g/mol. The Bertz CT molecular complexity index is 745. The topological polar surface area (TPSA) is 48.0 Å². The summed E-state index contributed by atoms with van der Waals surface area (Å²) in [6.07, 6.45) is 1.76. The van der Waals surface area contributed by atoms with Crippen LogP contribution >= 0.6 is 0 Å². The first-order chi connectivity index (χ1) is 14.2. The van der Waals surface area contributed by atoms with Crippen molar-refractivity contribution in [1.29, 1.82) is 0 Å². The van der Waals surface area contributed by atoms with Gasteiger partial charge in [-0.15, -0.1) is 0 Å². The third-order valence-electron chi connectivity index (χ3n) is 5.14. The van der Waals surface area contributed by atoms with Crippen molar-refractivity contribution in [3.05, 3.63) is 71.5 Å². The fourth-order valence-electron chi connectivity index (χ4n) is 3.48. The van der Waals surface area contributed by atoms with Gasteiger partial charge in [0.1, 0.15) is 18.5 Å². The highest BCUT2D eigenvalue weighted by molar-refractivity contribution is 5.70. The molecule has 0 amide bonds. The Morgan fingerprint density at radius 2 is 1.72 bits per heavy atom. The minimum atomic E-state index is -0.357. The van der Waals surface area contributed by atoms with Crippen LogP contribution in [-0.4, -0.2) is 56.9 Å². The van der Waals surface area contributed by atoms with E-state index in [1.54, 1.807) is 12.1 Å². The maximum absolute atomic E-state index is 13.4. The normalized spacial score (nSPS) is 16.5. The predicted molar refractivity (Wildman–Crippen MR) is 108 cm³/mol. The Morgan fingerprint density at radius 1 is 1.07 bits per heavy atom. The molecule has 5 nitrogen and oxygen atoms in total. The van der Waals surface area contributed by atoms with Crippen LogP contribution in [-0.2, 0) is 19.0 Å².